The number of hydrogen-bond donors (Lipinski definition) is 0. The molecule has 1 unspecified atom stereocenters. The highest BCUT2D eigenvalue weighted by Gasteiger charge is 2.36. The molecule has 2 aromatic rings. The zero-order valence-corrected chi connectivity index (χ0v) is 18.5. The maximum absolute atomic E-state index is 13.4. The molecule has 0 bridgehead atoms. The summed E-state index contributed by atoms with van der Waals surface area (Å²) in [5, 5.41) is 0. The van der Waals surface area contributed by atoms with Crippen LogP contribution in [0.2, 0.25) is 0 Å². The van der Waals surface area contributed by atoms with Crippen molar-refractivity contribution in [3.05, 3.63) is 54.0 Å². The first-order valence-electron chi connectivity index (χ1n) is 9.98. The van der Waals surface area contributed by atoms with Gasteiger partial charge in [-0.2, -0.15) is 4.31 Å². The number of morpholine rings is 1. The van der Waals surface area contributed by atoms with Gasteiger partial charge in [0.2, 0.25) is 10.0 Å². The highest BCUT2D eigenvalue weighted by Crippen LogP contribution is 2.24. The van der Waals surface area contributed by atoms with Crippen LogP contribution in [0.1, 0.15) is 22.5 Å². The Bertz CT molecular complexity index is 1140. The molecule has 9 nitrogen and oxygen atoms in total. The van der Waals surface area contributed by atoms with E-state index in [9.17, 15) is 21.6 Å². The predicted molar refractivity (Wildman–Crippen MR) is 112 cm³/mol. The number of sulfonamides is 1. The summed E-state index contributed by atoms with van der Waals surface area (Å²) >= 11 is 0. The summed E-state index contributed by atoms with van der Waals surface area (Å²) in [7, 11) is -6.98. The molecule has 168 valence electrons. The van der Waals surface area contributed by atoms with Gasteiger partial charge < -0.3 is 14.1 Å². The zero-order chi connectivity index (χ0) is 22.1. The number of benzene rings is 1. The SMILES string of the molecule is O=C(c1cccc(S(=O)(=O)N2CCOCC2)c1)N(Cc1ccco1)C1CCS(=O)(=O)C1. The van der Waals surface area contributed by atoms with Crippen LogP contribution in [-0.4, -0.2) is 75.8 Å². The van der Waals surface area contributed by atoms with Crippen molar-refractivity contribution in [3.63, 3.8) is 0 Å². The summed E-state index contributed by atoms with van der Waals surface area (Å²) in [4.78, 5) is 14.9. The Kier molecular flexibility index (Phi) is 6.20. The maximum atomic E-state index is 13.4. The predicted octanol–water partition coefficient (Wildman–Crippen LogP) is 1.13. The second kappa shape index (κ2) is 8.73. The van der Waals surface area contributed by atoms with Gasteiger partial charge in [0.25, 0.3) is 5.91 Å². The first-order valence-corrected chi connectivity index (χ1v) is 13.2. The molecule has 1 atom stereocenters. The van der Waals surface area contributed by atoms with Crippen LogP contribution >= 0.6 is 0 Å². The van der Waals surface area contributed by atoms with Crippen molar-refractivity contribution in [3.8, 4) is 0 Å². The van der Waals surface area contributed by atoms with Crippen LogP contribution in [0.25, 0.3) is 0 Å². The maximum Gasteiger partial charge on any atom is 0.254 e. The monoisotopic (exact) mass is 468 g/mol. The lowest BCUT2D eigenvalue weighted by atomic mass is 10.1. The Morgan fingerprint density at radius 1 is 1.16 bits per heavy atom. The van der Waals surface area contributed by atoms with Crippen molar-refractivity contribution >= 4 is 25.8 Å². The fraction of sp³-hybridized carbons (Fsp3) is 0.450. The van der Waals surface area contributed by atoms with Gasteiger partial charge in [-0.05, 0) is 36.8 Å². The third kappa shape index (κ3) is 4.84. The highest BCUT2D eigenvalue weighted by molar-refractivity contribution is 7.91. The molecule has 4 rings (SSSR count). The first kappa shape index (κ1) is 22.0. The number of ether oxygens (including phenoxy) is 1. The largest absolute Gasteiger partial charge is 0.467 e. The van der Waals surface area contributed by atoms with Crippen LogP contribution in [0, 0.1) is 0 Å². The van der Waals surface area contributed by atoms with Crippen molar-refractivity contribution in [2.24, 2.45) is 0 Å². The van der Waals surface area contributed by atoms with E-state index in [4.69, 9.17) is 9.15 Å². The summed E-state index contributed by atoms with van der Waals surface area (Å²) in [6.45, 7) is 1.26. The van der Waals surface area contributed by atoms with Crippen molar-refractivity contribution in [2.45, 2.75) is 23.9 Å². The van der Waals surface area contributed by atoms with Crippen LogP contribution in [-0.2, 0) is 31.1 Å². The summed E-state index contributed by atoms with van der Waals surface area (Å²) < 4.78 is 61.9. The lowest BCUT2D eigenvalue weighted by Gasteiger charge is -2.28. The van der Waals surface area contributed by atoms with E-state index in [1.807, 2.05) is 0 Å². The molecular weight excluding hydrogens is 444 g/mol. The van der Waals surface area contributed by atoms with E-state index in [1.54, 1.807) is 18.2 Å². The Morgan fingerprint density at radius 2 is 1.94 bits per heavy atom. The molecule has 1 amide bonds. The van der Waals surface area contributed by atoms with Gasteiger partial charge in [0, 0.05) is 24.7 Å². The number of furan rings is 1. The molecule has 0 radical (unpaired) electrons. The third-order valence-corrected chi connectivity index (χ3v) is 9.15. The molecular formula is C20H24N2O7S2. The van der Waals surface area contributed by atoms with Crippen molar-refractivity contribution < 1.29 is 30.8 Å². The van der Waals surface area contributed by atoms with Gasteiger partial charge in [0.1, 0.15) is 5.76 Å². The van der Waals surface area contributed by atoms with Gasteiger partial charge in [0.05, 0.1) is 42.4 Å². The standard InChI is InChI=1S/C20H24N2O7S2/c23-20(22(14-18-4-2-9-29-18)17-6-12-30(24,25)15-17)16-3-1-5-19(13-16)31(26,27)21-7-10-28-11-8-21/h1-5,9,13,17H,6-8,10-12,14-15H2. The van der Waals surface area contributed by atoms with Crippen LogP contribution < -0.4 is 0 Å². The molecule has 0 saturated carbocycles. The van der Waals surface area contributed by atoms with E-state index in [0.717, 1.165) is 0 Å². The minimum Gasteiger partial charge on any atom is -0.467 e. The van der Waals surface area contributed by atoms with Crippen molar-refractivity contribution in [2.75, 3.05) is 37.8 Å². The smallest absolute Gasteiger partial charge is 0.254 e. The number of rotatable bonds is 6. The second-order valence-electron chi connectivity index (χ2n) is 7.61. The summed E-state index contributed by atoms with van der Waals surface area (Å²) in [5.41, 5.74) is 0.185. The Balaban J connectivity index is 1.63. The quantitative estimate of drug-likeness (QED) is 0.624. The third-order valence-electron chi connectivity index (χ3n) is 5.51. The molecule has 0 N–H and O–H groups in total. The lowest BCUT2D eigenvalue weighted by Crippen LogP contribution is -2.41. The lowest BCUT2D eigenvalue weighted by molar-refractivity contribution is 0.0665. The minimum atomic E-state index is -3.76. The molecule has 0 aliphatic carbocycles. The molecule has 0 spiro atoms. The number of amides is 1. The summed E-state index contributed by atoms with van der Waals surface area (Å²) in [6.07, 6.45) is 1.82. The molecule has 2 aliphatic heterocycles. The van der Waals surface area contributed by atoms with Crippen molar-refractivity contribution in [1.82, 2.24) is 9.21 Å². The van der Waals surface area contributed by atoms with E-state index in [-0.39, 0.29) is 41.6 Å². The topological polar surface area (TPSA) is 114 Å². The van der Waals surface area contributed by atoms with Gasteiger partial charge in [-0.3, -0.25) is 4.79 Å². The normalized spacial score (nSPS) is 21.7. The van der Waals surface area contributed by atoms with E-state index in [0.29, 0.717) is 25.4 Å². The van der Waals surface area contributed by atoms with E-state index < -0.39 is 31.8 Å². The molecule has 2 saturated heterocycles. The number of sulfone groups is 1. The van der Waals surface area contributed by atoms with E-state index >= 15 is 0 Å². The molecule has 11 heteroatoms. The van der Waals surface area contributed by atoms with E-state index in [2.05, 4.69) is 0 Å². The van der Waals surface area contributed by atoms with E-state index in [1.165, 1.54) is 33.7 Å². The van der Waals surface area contributed by atoms with Crippen molar-refractivity contribution in [1.29, 1.82) is 0 Å². The number of hydrogen-bond acceptors (Lipinski definition) is 7. The molecule has 31 heavy (non-hydrogen) atoms. The fourth-order valence-electron chi connectivity index (χ4n) is 3.85. The summed E-state index contributed by atoms with van der Waals surface area (Å²) in [5.74, 6) is -0.0109. The Morgan fingerprint density at radius 3 is 2.58 bits per heavy atom. The Labute approximate surface area is 181 Å². The summed E-state index contributed by atoms with van der Waals surface area (Å²) in [6, 6.07) is 8.78. The first-order chi connectivity index (χ1) is 14.8. The average molecular weight is 469 g/mol. The second-order valence-corrected chi connectivity index (χ2v) is 11.8. The van der Waals surface area contributed by atoms with Gasteiger partial charge in [-0.15, -0.1) is 0 Å². The number of carbonyl (C=O) groups is 1. The minimum absolute atomic E-state index is 0.0189. The highest BCUT2D eigenvalue weighted by atomic mass is 32.2. The number of nitrogens with zero attached hydrogens (tertiary/aromatic N) is 2. The average Bonchev–Trinajstić information content (AvgIpc) is 3.41. The number of carbonyl (C=O) groups excluding carboxylic acids is 1. The van der Waals surface area contributed by atoms with Crippen LogP contribution in [0.3, 0.4) is 0 Å². The molecule has 3 heterocycles. The van der Waals surface area contributed by atoms with Gasteiger partial charge in [0.15, 0.2) is 9.84 Å². The van der Waals surface area contributed by atoms with Crippen LogP contribution in [0.4, 0.5) is 0 Å². The molecule has 1 aromatic carbocycles. The molecule has 2 aliphatic rings. The van der Waals surface area contributed by atoms with Gasteiger partial charge in [-0.1, -0.05) is 6.07 Å². The Hall–Kier alpha value is -2.21. The fourth-order valence-corrected chi connectivity index (χ4v) is 7.03. The van der Waals surface area contributed by atoms with Crippen LogP contribution in [0.5, 0.6) is 0 Å². The van der Waals surface area contributed by atoms with Gasteiger partial charge >= 0.3 is 0 Å². The zero-order valence-electron chi connectivity index (χ0n) is 16.8. The van der Waals surface area contributed by atoms with Crippen LogP contribution in [0.15, 0.2) is 52.0 Å². The van der Waals surface area contributed by atoms with Gasteiger partial charge in [-0.25, -0.2) is 16.8 Å². The molecule has 1 aromatic heterocycles. The molecule has 2 fully saturated rings.